The van der Waals surface area contributed by atoms with Crippen molar-refractivity contribution in [3.63, 3.8) is 0 Å². The van der Waals surface area contributed by atoms with E-state index in [1.54, 1.807) is 14.2 Å². The lowest BCUT2D eigenvalue weighted by atomic mass is 10.0. The van der Waals surface area contributed by atoms with Crippen LogP contribution in [0, 0.1) is 0 Å². The first-order valence-corrected chi connectivity index (χ1v) is 5.76. The van der Waals surface area contributed by atoms with Crippen LogP contribution in [0.15, 0.2) is 18.2 Å². The smallest absolute Gasteiger partial charge is 0.198 e. The molecule has 4 heteroatoms. The van der Waals surface area contributed by atoms with E-state index in [1.165, 1.54) is 0 Å². The minimum absolute atomic E-state index is 0.614. The van der Waals surface area contributed by atoms with Crippen LogP contribution < -0.4 is 9.47 Å². The number of hydrogen-bond acceptors (Lipinski definition) is 4. The number of hydrogen-bond donors (Lipinski definition) is 0. The normalized spacial score (nSPS) is 18.1. The number of rotatable bonds is 4. The molecule has 0 radical (unpaired) electrons. The third-order valence-corrected chi connectivity index (χ3v) is 3.04. The van der Waals surface area contributed by atoms with Crippen LogP contribution in [0.5, 0.6) is 11.5 Å². The second-order valence-corrected chi connectivity index (χ2v) is 3.87. The van der Waals surface area contributed by atoms with Gasteiger partial charge in [0.2, 0.25) is 0 Å². The minimum atomic E-state index is -0.669. The van der Waals surface area contributed by atoms with Crippen molar-refractivity contribution >= 4 is 0 Å². The summed E-state index contributed by atoms with van der Waals surface area (Å²) in [7, 11) is 3.27. The van der Waals surface area contributed by atoms with Crippen LogP contribution in [-0.4, -0.2) is 27.4 Å². The lowest BCUT2D eigenvalue weighted by molar-refractivity contribution is -0.168. The molecular weight excluding hydrogens is 220 g/mol. The van der Waals surface area contributed by atoms with Crippen LogP contribution in [-0.2, 0) is 15.3 Å². The van der Waals surface area contributed by atoms with Gasteiger partial charge in [-0.25, -0.2) is 0 Å². The van der Waals surface area contributed by atoms with Crippen molar-refractivity contribution in [1.82, 2.24) is 0 Å². The van der Waals surface area contributed by atoms with Gasteiger partial charge in [0.05, 0.1) is 33.0 Å². The number of methoxy groups -OCH3 is 2. The maximum absolute atomic E-state index is 5.75. The van der Waals surface area contributed by atoms with E-state index in [0.717, 1.165) is 23.5 Å². The minimum Gasteiger partial charge on any atom is -0.497 e. The van der Waals surface area contributed by atoms with Crippen LogP contribution in [0.3, 0.4) is 0 Å². The largest absolute Gasteiger partial charge is 0.497 e. The average Bonchev–Trinajstić information content (AvgIpc) is 2.87. The summed E-state index contributed by atoms with van der Waals surface area (Å²) in [5.74, 6) is 0.820. The molecule has 17 heavy (non-hydrogen) atoms. The van der Waals surface area contributed by atoms with Crippen molar-refractivity contribution in [1.29, 1.82) is 0 Å². The average molecular weight is 238 g/mol. The predicted octanol–water partition coefficient (Wildman–Crippen LogP) is 2.31. The molecule has 94 valence electrons. The molecule has 4 nitrogen and oxygen atoms in total. The fraction of sp³-hybridized carbons (Fsp3) is 0.538. The SMILES string of the molecule is CCC1(c2ccc(OC)cc2OC)OCCO1. The van der Waals surface area contributed by atoms with Crippen LogP contribution in [0.25, 0.3) is 0 Å². The van der Waals surface area contributed by atoms with Crippen molar-refractivity contribution in [3.8, 4) is 11.5 Å². The maximum Gasteiger partial charge on any atom is 0.198 e. The summed E-state index contributed by atoms with van der Waals surface area (Å²) >= 11 is 0. The Hall–Kier alpha value is -1.26. The first kappa shape index (κ1) is 12.2. The Morgan fingerprint density at radius 1 is 1.18 bits per heavy atom. The van der Waals surface area contributed by atoms with Gasteiger partial charge < -0.3 is 18.9 Å². The molecular formula is C13H18O4. The fourth-order valence-electron chi connectivity index (χ4n) is 2.12. The van der Waals surface area contributed by atoms with E-state index >= 15 is 0 Å². The first-order valence-electron chi connectivity index (χ1n) is 5.76. The third kappa shape index (κ3) is 2.10. The van der Waals surface area contributed by atoms with Gasteiger partial charge in [0, 0.05) is 12.5 Å². The zero-order valence-electron chi connectivity index (χ0n) is 10.5. The van der Waals surface area contributed by atoms with Crippen LogP contribution >= 0.6 is 0 Å². The van der Waals surface area contributed by atoms with Crippen LogP contribution in [0.1, 0.15) is 18.9 Å². The molecule has 0 aliphatic carbocycles. The molecule has 1 saturated heterocycles. The Balaban J connectivity index is 2.42. The van der Waals surface area contributed by atoms with Gasteiger partial charge in [-0.05, 0) is 12.1 Å². The van der Waals surface area contributed by atoms with Crippen molar-refractivity contribution in [2.45, 2.75) is 19.1 Å². The molecule has 1 aromatic rings. The molecule has 1 aromatic carbocycles. The van der Waals surface area contributed by atoms with Crippen LogP contribution in [0.2, 0.25) is 0 Å². The molecule has 0 amide bonds. The van der Waals surface area contributed by atoms with Gasteiger partial charge in [0.1, 0.15) is 11.5 Å². The number of ether oxygens (including phenoxy) is 4. The molecule has 0 saturated carbocycles. The zero-order valence-corrected chi connectivity index (χ0v) is 10.5. The molecule has 0 unspecified atom stereocenters. The molecule has 1 fully saturated rings. The molecule has 1 aliphatic rings. The third-order valence-electron chi connectivity index (χ3n) is 3.04. The second kappa shape index (κ2) is 4.94. The maximum atomic E-state index is 5.75. The molecule has 0 bridgehead atoms. The Bertz CT molecular complexity index is 383. The highest BCUT2D eigenvalue weighted by molar-refractivity contribution is 5.43. The Labute approximate surface area is 101 Å². The van der Waals surface area contributed by atoms with E-state index in [1.807, 2.05) is 25.1 Å². The van der Waals surface area contributed by atoms with E-state index in [9.17, 15) is 0 Å². The van der Waals surface area contributed by atoms with Crippen molar-refractivity contribution < 1.29 is 18.9 Å². The Kier molecular flexibility index (Phi) is 3.54. The highest BCUT2D eigenvalue weighted by atomic mass is 16.7. The first-order chi connectivity index (χ1) is 8.25. The monoisotopic (exact) mass is 238 g/mol. The Morgan fingerprint density at radius 2 is 1.88 bits per heavy atom. The lowest BCUT2D eigenvalue weighted by Gasteiger charge is -2.28. The van der Waals surface area contributed by atoms with Crippen LogP contribution in [0.4, 0.5) is 0 Å². The summed E-state index contributed by atoms with van der Waals surface area (Å²) in [4.78, 5) is 0. The summed E-state index contributed by atoms with van der Waals surface area (Å²) in [5.41, 5.74) is 0.917. The highest BCUT2D eigenvalue weighted by Gasteiger charge is 2.39. The van der Waals surface area contributed by atoms with E-state index in [-0.39, 0.29) is 0 Å². The summed E-state index contributed by atoms with van der Waals surface area (Å²) in [5, 5.41) is 0. The molecule has 0 aromatic heterocycles. The standard InChI is InChI=1S/C13H18O4/c1-4-13(16-7-8-17-13)11-6-5-10(14-2)9-12(11)15-3/h5-6,9H,4,7-8H2,1-3H3. The lowest BCUT2D eigenvalue weighted by Crippen LogP contribution is -2.26. The predicted molar refractivity (Wildman–Crippen MR) is 63.4 cm³/mol. The van der Waals surface area contributed by atoms with Crippen molar-refractivity contribution in [3.05, 3.63) is 23.8 Å². The Morgan fingerprint density at radius 3 is 2.41 bits per heavy atom. The van der Waals surface area contributed by atoms with Gasteiger partial charge in [-0.1, -0.05) is 6.92 Å². The summed E-state index contributed by atoms with van der Waals surface area (Å²) in [6.07, 6.45) is 0.746. The molecule has 0 atom stereocenters. The van der Waals surface area contributed by atoms with Crippen molar-refractivity contribution in [2.75, 3.05) is 27.4 Å². The zero-order chi connectivity index (χ0) is 12.3. The van der Waals surface area contributed by atoms with Gasteiger partial charge in [-0.3, -0.25) is 0 Å². The summed E-state index contributed by atoms with van der Waals surface area (Å²) in [6, 6.07) is 5.67. The van der Waals surface area contributed by atoms with E-state index in [2.05, 4.69) is 0 Å². The van der Waals surface area contributed by atoms with Gasteiger partial charge in [-0.15, -0.1) is 0 Å². The molecule has 1 aliphatic heterocycles. The topological polar surface area (TPSA) is 36.9 Å². The van der Waals surface area contributed by atoms with Crippen molar-refractivity contribution in [2.24, 2.45) is 0 Å². The van der Waals surface area contributed by atoms with Gasteiger partial charge in [0.25, 0.3) is 0 Å². The van der Waals surface area contributed by atoms with Gasteiger partial charge in [-0.2, -0.15) is 0 Å². The molecule has 0 N–H and O–H groups in total. The summed E-state index contributed by atoms with van der Waals surface area (Å²) in [6.45, 7) is 3.26. The molecule has 2 rings (SSSR count). The molecule has 0 spiro atoms. The van der Waals surface area contributed by atoms with Gasteiger partial charge in [0.15, 0.2) is 5.79 Å². The highest BCUT2D eigenvalue weighted by Crippen LogP contribution is 2.41. The molecule has 1 heterocycles. The number of benzene rings is 1. The summed E-state index contributed by atoms with van der Waals surface area (Å²) < 4.78 is 22.1. The quantitative estimate of drug-likeness (QED) is 0.806. The van der Waals surface area contributed by atoms with Gasteiger partial charge >= 0.3 is 0 Å². The van der Waals surface area contributed by atoms with E-state index in [4.69, 9.17) is 18.9 Å². The fourth-order valence-corrected chi connectivity index (χ4v) is 2.12. The van der Waals surface area contributed by atoms with E-state index in [0.29, 0.717) is 13.2 Å². The van der Waals surface area contributed by atoms with E-state index < -0.39 is 5.79 Å². The second-order valence-electron chi connectivity index (χ2n) is 3.87.